The lowest BCUT2D eigenvalue weighted by Gasteiger charge is -2.28. The minimum atomic E-state index is 0.710. The van der Waals surface area contributed by atoms with Crippen LogP contribution in [0.25, 0.3) is 5.57 Å². The van der Waals surface area contributed by atoms with Gasteiger partial charge >= 0.3 is 0 Å². The van der Waals surface area contributed by atoms with Gasteiger partial charge in [0.1, 0.15) is 0 Å². The van der Waals surface area contributed by atoms with Gasteiger partial charge in [-0.05, 0) is 25.5 Å². The Morgan fingerprint density at radius 2 is 2.14 bits per heavy atom. The van der Waals surface area contributed by atoms with E-state index in [1.807, 2.05) is 18.1 Å². The molecule has 2 nitrogen and oxygen atoms in total. The van der Waals surface area contributed by atoms with E-state index in [1.54, 1.807) is 0 Å². The highest BCUT2D eigenvalue weighted by Crippen LogP contribution is 2.30. The second-order valence-corrected chi connectivity index (χ2v) is 3.38. The van der Waals surface area contributed by atoms with Crippen molar-refractivity contribution >= 4 is 11.3 Å². The molecular formula is C12H15NO. The number of hydrogen-bond acceptors (Lipinski definition) is 2. The van der Waals surface area contributed by atoms with Gasteiger partial charge in [-0.1, -0.05) is 24.3 Å². The number of hydroxylamine groups is 1. The van der Waals surface area contributed by atoms with E-state index in [4.69, 9.17) is 4.84 Å². The summed E-state index contributed by atoms with van der Waals surface area (Å²) in [6.45, 7) is 5.70. The standard InChI is InChI=1S/C12H15NO/c1-3-14-13-9-8-10(2)11-6-4-5-7-12(11)13/h4-8H,3,9H2,1-2H3. The van der Waals surface area contributed by atoms with E-state index in [1.165, 1.54) is 16.8 Å². The van der Waals surface area contributed by atoms with E-state index in [0.29, 0.717) is 6.61 Å². The molecule has 1 aliphatic heterocycles. The van der Waals surface area contributed by atoms with Crippen LogP contribution in [0, 0.1) is 0 Å². The predicted octanol–water partition coefficient (Wildman–Crippen LogP) is 2.86. The topological polar surface area (TPSA) is 12.5 Å². The lowest BCUT2D eigenvalue weighted by Crippen LogP contribution is -2.26. The molecule has 0 saturated carbocycles. The maximum Gasteiger partial charge on any atom is 0.0720 e. The Kier molecular flexibility index (Phi) is 2.55. The first-order chi connectivity index (χ1) is 6.83. The van der Waals surface area contributed by atoms with Crippen LogP contribution in [0.15, 0.2) is 30.3 Å². The van der Waals surface area contributed by atoms with Gasteiger partial charge in [0.25, 0.3) is 0 Å². The highest BCUT2D eigenvalue weighted by molar-refractivity contribution is 5.78. The Balaban J connectivity index is 2.38. The molecule has 0 amide bonds. The van der Waals surface area contributed by atoms with Crippen LogP contribution in [0.3, 0.4) is 0 Å². The van der Waals surface area contributed by atoms with E-state index in [9.17, 15) is 0 Å². The van der Waals surface area contributed by atoms with Crippen LogP contribution in [-0.2, 0) is 4.84 Å². The molecular weight excluding hydrogens is 174 g/mol. The third-order valence-electron chi connectivity index (χ3n) is 2.45. The molecule has 0 N–H and O–H groups in total. The van der Waals surface area contributed by atoms with Crippen LogP contribution in [-0.4, -0.2) is 13.2 Å². The number of fused-ring (bicyclic) bond motifs is 1. The van der Waals surface area contributed by atoms with E-state index in [-0.39, 0.29) is 0 Å². The van der Waals surface area contributed by atoms with Gasteiger partial charge in [0.2, 0.25) is 0 Å². The fourth-order valence-corrected chi connectivity index (χ4v) is 1.73. The molecule has 0 aliphatic carbocycles. The first-order valence-corrected chi connectivity index (χ1v) is 4.99. The van der Waals surface area contributed by atoms with Crippen LogP contribution in [0.4, 0.5) is 5.69 Å². The summed E-state index contributed by atoms with van der Waals surface area (Å²) in [6.07, 6.45) is 2.19. The molecule has 1 aliphatic rings. The highest BCUT2D eigenvalue weighted by atomic mass is 16.7. The van der Waals surface area contributed by atoms with Crippen molar-refractivity contribution < 1.29 is 4.84 Å². The van der Waals surface area contributed by atoms with Gasteiger partial charge in [0.15, 0.2) is 0 Å². The molecule has 1 aromatic carbocycles. The zero-order chi connectivity index (χ0) is 9.97. The fraction of sp³-hybridized carbons (Fsp3) is 0.333. The minimum absolute atomic E-state index is 0.710. The maximum atomic E-state index is 5.55. The number of para-hydroxylation sites is 1. The summed E-state index contributed by atoms with van der Waals surface area (Å²) in [7, 11) is 0. The van der Waals surface area contributed by atoms with E-state index in [0.717, 1.165) is 6.54 Å². The second-order valence-electron chi connectivity index (χ2n) is 3.38. The molecule has 14 heavy (non-hydrogen) atoms. The molecule has 2 heteroatoms. The van der Waals surface area contributed by atoms with Gasteiger partial charge in [0.05, 0.1) is 18.8 Å². The van der Waals surface area contributed by atoms with Crippen LogP contribution in [0.1, 0.15) is 19.4 Å². The summed E-state index contributed by atoms with van der Waals surface area (Å²) >= 11 is 0. The van der Waals surface area contributed by atoms with Crippen molar-refractivity contribution in [2.75, 3.05) is 18.2 Å². The van der Waals surface area contributed by atoms with Gasteiger partial charge in [0, 0.05) is 5.56 Å². The first kappa shape index (κ1) is 9.28. The first-order valence-electron chi connectivity index (χ1n) is 4.99. The van der Waals surface area contributed by atoms with Crippen molar-refractivity contribution in [1.82, 2.24) is 0 Å². The van der Waals surface area contributed by atoms with E-state index < -0.39 is 0 Å². The number of nitrogens with zero attached hydrogens (tertiary/aromatic N) is 1. The molecule has 0 aromatic heterocycles. The van der Waals surface area contributed by atoms with Crippen LogP contribution in [0.2, 0.25) is 0 Å². The number of benzene rings is 1. The quantitative estimate of drug-likeness (QED) is 0.709. The molecule has 74 valence electrons. The zero-order valence-electron chi connectivity index (χ0n) is 8.66. The molecule has 1 heterocycles. The molecule has 0 fully saturated rings. The zero-order valence-corrected chi connectivity index (χ0v) is 8.66. The average Bonchev–Trinajstić information content (AvgIpc) is 2.23. The summed E-state index contributed by atoms with van der Waals surface area (Å²) < 4.78 is 0. The number of hydrogen-bond donors (Lipinski definition) is 0. The minimum Gasteiger partial charge on any atom is -0.273 e. The van der Waals surface area contributed by atoms with Crippen molar-refractivity contribution in [3.05, 3.63) is 35.9 Å². The summed E-state index contributed by atoms with van der Waals surface area (Å²) in [5.41, 5.74) is 3.78. The third-order valence-corrected chi connectivity index (χ3v) is 2.45. The highest BCUT2D eigenvalue weighted by Gasteiger charge is 2.15. The fourth-order valence-electron chi connectivity index (χ4n) is 1.73. The molecule has 1 aromatic rings. The van der Waals surface area contributed by atoms with Gasteiger partial charge in [-0.15, -0.1) is 0 Å². The summed E-state index contributed by atoms with van der Waals surface area (Å²) in [5.74, 6) is 0. The summed E-state index contributed by atoms with van der Waals surface area (Å²) in [4.78, 5) is 5.55. The maximum absolute atomic E-state index is 5.55. The summed E-state index contributed by atoms with van der Waals surface area (Å²) in [6, 6.07) is 8.34. The average molecular weight is 189 g/mol. The summed E-state index contributed by atoms with van der Waals surface area (Å²) in [5, 5.41) is 1.95. The molecule has 2 rings (SSSR count). The van der Waals surface area contributed by atoms with Crippen molar-refractivity contribution in [2.45, 2.75) is 13.8 Å². The Hall–Kier alpha value is -1.28. The monoisotopic (exact) mass is 189 g/mol. The van der Waals surface area contributed by atoms with E-state index >= 15 is 0 Å². The van der Waals surface area contributed by atoms with Crippen molar-refractivity contribution in [1.29, 1.82) is 0 Å². The van der Waals surface area contributed by atoms with Gasteiger partial charge in [-0.3, -0.25) is 4.84 Å². The molecule has 0 bridgehead atoms. The van der Waals surface area contributed by atoms with Gasteiger partial charge < -0.3 is 0 Å². The Morgan fingerprint density at radius 3 is 2.93 bits per heavy atom. The lowest BCUT2D eigenvalue weighted by molar-refractivity contribution is 0.126. The van der Waals surface area contributed by atoms with Crippen molar-refractivity contribution in [2.24, 2.45) is 0 Å². The van der Waals surface area contributed by atoms with E-state index in [2.05, 4.69) is 31.2 Å². The number of anilines is 1. The Bertz CT molecular complexity index is 357. The van der Waals surface area contributed by atoms with Gasteiger partial charge in [-0.2, -0.15) is 0 Å². The lowest BCUT2D eigenvalue weighted by atomic mass is 10.0. The SMILES string of the molecule is CCON1CC=C(C)c2ccccc21. The van der Waals surface area contributed by atoms with Crippen molar-refractivity contribution in [3.63, 3.8) is 0 Å². The predicted molar refractivity (Wildman–Crippen MR) is 59.1 cm³/mol. The molecule has 0 unspecified atom stereocenters. The molecule has 0 radical (unpaired) electrons. The van der Waals surface area contributed by atoms with Crippen molar-refractivity contribution in [3.8, 4) is 0 Å². The largest absolute Gasteiger partial charge is 0.273 e. The van der Waals surface area contributed by atoms with Crippen LogP contribution in [0.5, 0.6) is 0 Å². The third kappa shape index (κ3) is 1.53. The molecule has 0 atom stereocenters. The van der Waals surface area contributed by atoms with Gasteiger partial charge in [-0.25, -0.2) is 5.06 Å². The van der Waals surface area contributed by atoms with Crippen LogP contribution >= 0.6 is 0 Å². The second kappa shape index (κ2) is 3.84. The molecule has 0 saturated heterocycles. The Labute approximate surface area is 84.8 Å². The Morgan fingerprint density at radius 1 is 1.36 bits per heavy atom. The molecule has 0 spiro atoms. The normalized spacial score (nSPS) is 15.0. The number of rotatable bonds is 2. The number of allylic oxidation sites excluding steroid dienone is 1. The smallest absolute Gasteiger partial charge is 0.0720 e. The van der Waals surface area contributed by atoms with Crippen LogP contribution < -0.4 is 5.06 Å².